The van der Waals surface area contributed by atoms with Crippen LogP contribution in [-0.4, -0.2) is 32.6 Å². The minimum Gasteiger partial charge on any atom is -0.459 e. The van der Waals surface area contributed by atoms with Crippen LogP contribution in [0.25, 0.3) is 0 Å². The first kappa shape index (κ1) is 11.7. The van der Waals surface area contributed by atoms with Crippen molar-refractivity contribution in [3.63, 3.8) is 0 Å². The van der Waals surface area contributed by atoms with Gasteiger partial charge < -0.3 is 9.26 Å². The average Bonchev–Trinajstić information content (AvgIpc) is 1.83. The summed E-state index contributed by atoms with van der Waals surface area (Å²) < 4.78 is 43.4. The Balaban J connectivity index is 4.13. The van der Waals surface area contributed by atoms with Crippen molar-refractivity contribution in [3.8, 4) is 0 Å². The Hall–Kier alpha value is -0.285. The van der Waals surface area contributed by atoms with Gasteiger partial charge in [0.1, 0.15) is 0 Å². The predicted molar refractivity (Wildman–Crippen MR) is 37.7 cm³/mol. The van der Waals surface area contributed by atoms with Crippen LogP contribution >= 0.6 is 9.47 Å². The van der Waals surface area contributed by atoms with Crippen LogP contribution in [0.2, 0.25) is 0 Å². The van der Waals surface area contributed by atoms with E-state index in [1.165, 1.54) is 0 Å². The van der Waals surface area contributed by atoms with Crippen molar-refractivity contribution < 1.29 is 27.2 Å². The lowest BCUT2D eigenvalue weighted by molar-refractivity contribution is -0.207. The minimum absolute atomic E-state index is 0.795. The van der Waals surface area contributed by atoms with Gasteiger partial charge in [-0.25, -0.2) is 0 Å². The van der Waals surface area contributed by atoms with E-state index in [0.29, 0.717) is 0 Å². The van der Waals surface area contributed by atoms with E-state index in [9.17, 15) is 18.0 Å². The molecule has 0 aliphatic carbocycles. The zero-order valence-corrected chi connectivity index (χ0v) is 6.95. The van der Waals surface area contributed by atoms with Crippen molar-refractivity contribution in [2.45, 2.75) is 12.3 Å². The van der Waals surface area contributed by atoms with Crippen molar-refractivity contribution in [3.05, 3.63) is 0 Å². The highest BCUT2D eigenvalue weighted by atomic mass is 31.0. The van der Waals surface area contributed by atoms with E-state index in [1.54, 1.807) is 9.47 Å². The molecule has 0 aromatic heterocycles. The Morgan fingerprint density at radius 2 is 2.08 bits per heavy atom. The van der Waals surface area contributed by atoms with Gasteiger partial charge >= 0.3 is 6.18 Å². The summed E-state index contributed by atoms with van der Waals surface area (Å²) in [6.07, 6.45) is -6.97. The third-order valence-corrected chi connectivity index (χ3v) is 1.06. The molecule has 2 atom stereocenters. The number of carbonyl (C=O) groups excluding carboxylic acids is 1. The molecule has 0 heterocycles. The summed E-state index contributed by atoms with van der Waals surface area (Å²) in [5, 5.41) is 0. The van der Waals surface area contributed by atoms with Gasteiger partial charge in [0, 0.05) is 9.47 Å². The van der Waals surface area contributed by atoms with Crippen LogP contribution in [0.15, 0.2) is 0 Å². The second-order valence-electron chi connectivity index (χ2n) is 1.80. The monoisotopic (exact) mass is 200 g/mol. The molecule has 68 valence electrons. The molecule has 2 unspecified atom stereocenters. The number of hydrogen-bond acceptors (Lipinski definition) is 3. The van der Waals surface area contributed by atoms with Gasteiger partial charge in [-0.15, -0.1) is 0 Å². The lowest BCUT2D eigenvalue weighted by Crippen LogP contribution is -2.36. The second kappa shape index (κ2) is 4.67. The van der Waals surface area contributed by atoms with Gasteiger partial charge in [0.25, 0.3) is 0 Å². The van der Waals surface area contributed by atoms with Crippen molar-refractivity contribution in [2.75, 3.05) is 6.61 Å². The highest BCUT2D eigenvalue weighted by Crippen LogP contribution is 2.23. The van der Waals surface area contributed by atoms with Crippen LogP contribution in [0.1, 0.15) is 0 Å². The standard InChI is InChI=1S/C4H5BF3O3P/c5-3(9)11-2(1-10-12)4(6,7)8/h2H,1,12H2. The number of ether oxygens (including phenoxy) is 1. The lowest BCUT2D eigenvalue weighted by Gasteiger charge is -2.18. The number of carbonyl (C=O) groups is 1. The Kier molecular flexibility index (Phi) is 4.56. The van der Waals surface area contributed by atoms with E-state index in [0.717, 1.165) is 0 Å². The molecular weight excluding hydrogens is 195 g/mol. The topological polar surface area (TPSA) is 35.5 Å². The van der Waals surface area contributed by atoms with Crippen LogP contribution < -0.4 is 0 Å². The number of hydrogen-bond donors (Lipinski definition) is 0. The molecule has 0 aliphatic rings. The van der Waals surface area contributed by atoms with Crippen LogP contribution in [0, 0.1) is 0 Å². The Labute approximate surface area is 70.3 Å². The molecule has 0 spiro atoms. The Morgan fingerprint density at radius 1 is 1.58 bits per heavy atom. The van der Waals surface area contributed by atoms with Crippen LogP contribution in [0.3, 0.4) is 0 Å². The molecule has 0 N–H and O–H groups in total. The maximum absolute atomic E-state index is 11.8. The van der Waals surface area contributed by atoms with Gasteiger partial charge in [-0.05, 0) is 0 Å². The van der Waals surface area contributed by atoms with Crippen molar-refractivity contribution in [2.24, 2.45) is 0 Å². The van der Waals surface area contributed by atoms with Gasteiger partial charge in [0.2, 0.25) is 19.8 Å². The zero-order chi connectivity index (χ0) is 9.78. The third kappa shape index (κ3) is 4.56. The molecule has 0 bridgehead atoms. The summed E-state index contributed by atoms with van der Waals surface area (Å²) in [5.74, 6) is -1.49. The summed E-state index contributed by atoms with van der Waals surface area (Å²) in [7, 11) is 6.01. The van der Waals surface area contributed by atoms with Crippen molar-refractivity contribution in [1.82, 2.24) is 0 Å². The van der Waals surface area contributed by atoms with Crippen LogP contribution in [0.5, 0.6) is 0 Å². The molecule has 0 aromatic rings. The minimum atomic E-state index is -4.66. The molecule has 0 saturated carbocycles. The molecule has 0 amide bonds. The van der Waals surface area contributed by atoms with E-state index in [2.05, 4.69) is 17.1 Å². The SMILES string of the molecule is [B]C(=O)OC(COP)C(F)(F)F. The number of rotatable bonds is 3. The summed E-state index contributed by atoms with van der Waals surface area (Å²) in [6, 6.07) is 0. The fourth-order valence-corrected chi connectivity index (χ4v) is 0.598. The molecule has 3 nitrogen and oxygen atoms in total. The molecule has 0 rings (SSSR count). The first-order valence-corrected chi connectivity index (χ1v) is 3.19. The van der Waals surface area contributed by atoms with Gasteiger partial charge in [0.15, 0.2) is 0 Å². The lowest BCUT2D eigenvalue weighted by atomic mass is 10.2. The van der Waals surface area contributed by atoms with Gasteiger partial charge in [0.05, 0.1) is 6.61 Å². The summed E-state index contributed by atoms with van der Waals surface area (Å²) in [6.45, 7) is -0.795. The molecule has 8 heteroatoms. The number of halogens is 3. The van der Waals surface area contributed by atoms with E-state index >= 15 is 0 Å². The molecular formula is C4H5BF3O3P. The second-order valence-corrected chi connectivity index (χ2v) is 2.13. The van der Waals surface area contributed by atoms with E-state index in [1.807, 2.05) is 0 Å². The predicted octanol–water partition coefficient (Wildman–Crippen LogP) is 1.03. The smallest absolute Gasteiger partial charge is 0.427 e. The van der Waals surface area contributed by atoms with E-state index in [4.69, 9.17) is 0 Å². The van der Waals surface area contributed by atoms with E-state index < -0.39 is 24.8 Å². The van der Waals surface area contributed by atoms with Gasteiger partial charge in [-0.3, -0.25) is 4.79 Å². The molecule has 0 fully saturated rings. The summed E-state index contributed by atoms with van der Waals surface area (Å²) in [4.78, 5) is 9.97. The van der Waals surface area contributed by atoms with Crippen molar-refractivity contribution >= 4 is 23.2 Å². The first-order valence-electron chi connectivity index (χ1n) is 2.72. The van der Waals surface area contributed by atoms with Gasteiger partial charge in [-0.1, -0.05) is 0 Å². The highest BCUT2D eigenvalue weighted by molar-refractivity contribution is 7.09. The largest absolute Gasteiger partial charge is 0.459 e. The van der Waals surface area contributed by atoms with Gasteiger partial charge in [-0.2, -0.15) is 13.2 Å². The fraction of sp³-hybridized carbons (Fsp3) is 0.750. The fourth-order valence-electron chi connectivity index (χ4n) is 0.423. The van der Waals surface area contributed by atoms with Crippen LogP contribution in [-0.2, 0) is 9.26 Å². The quantitative estimate of drug-likeness (QED) is 0.504. The summed E-state index contributed by atoms with van der Waals surface area (Å²) >= 11 is 0. The molecule has 2 radical (unpaired) electrons. The van der Waals surface area contributed by atoms with Crippen molar-refractivity contribution in [1.29, 1.82) is 0 Å². The van der Waals surface area contributed by atoms with E-state index in [-0.39, 0.29) is 0 Å². The molecule has 12 heavy (non-hydrogen) atoms. The Bertz CT molecular complexity index is 162. The third-order valence-electron chi connectivity index (χ3n) is 0.871. The molecule has 0 aliphatic heterocycles. The molecule has 0 saturated heterocycles. The highest BCUT2D eigenvalue weighted by Gasteiger charge is 2.42. The first-order chi connectivity index (χ1) is 5.38. The number of alkyl halides is 3. The zero-order valence-electron chi connectivity index (χ0n) is 5.80. The molecule has 0 aromatic carbocycles. The average molecular weight is 200 g/mol. The van der Waals surface area contributed by atoms with Crippen LogP contribution in [0.4, 0.5) is 18.0 Å². The maximum Gasteiger partial charge on any atom is 0.427 e. The normalized spacial score (nSPS) is 14.0. The summed E-state index contributed by atoms with van der Waals surface area (Å²) in [5.41, 5.74) is 0. The maximum atomic E-state index is 11.8. The Morgan fingerprint density at radius 3 is 2.33 bits per heavy atom.